The third-order valence-electron chi connectivity index (χ3n) is 5.11. The Hall–Kier alpha value is -2.83. The molecular formula is C20H26N4O3. The zero-order chi connectivity index (χ0) is 19.1. The second-order valence-corrected chi connectivity index (χ2v) is 7.02. The fourth-order valence-electron chi connectivity index (χ4n) is 3.46. The Bertz CT molecular complexity index is 725. The van der Waals surface area contributed by atoms with E-state index in [9.17, 15) is 14.7 Å². The summed E-state index contributed by atoms with van der Waals surface area (Å²) in [6.07, 6.45) is 6.93. The van der Waals surface area contributed by atoms with Gasteiger partial charge in [-0.2, -0.15) is 5.10 Å². The van der Waals surface area contributed by atoms with Crippen LogP contribution in [0.4, 0.5) is 4.79 Å². The van der Waals surface area contributed by atoms with Gasteiger partial charge in [0.25, 0.3) is 0 Å². The van der Waals surface area contributed by atoms with Gasteiger partial charge in [0.15, 0.2) is 0 Å². The number of likely N-dealkylation sites (tertiary alicyclic amines) is 1. The molecular weight excluding hydrogens is 344 g/mol. The number of carbonyl (C=O) groups is 2. The summed E-state index contributed by atoms with van der Waals surface area (Å²) in [6.45, 7) is 2.21. The van der Waals surface area contributed by atoms with Gasteiger partial charge in [0.2, 0.25) is 0 Å². The minimum atomic E-state index is -1.01. The number of carboxylic acid groups (broad SMARTS) is 1. The fraction of sp³-hybridized carbons (Fsp3) is 0.450. The van der Waals surface area contributed by atoms with E-state index < -0.39 is 12.0 Å². The van der Waals surface area contributed by atoms with Crippen molar-refractivity contribution in [1.29, 1.82) is 0 Å². The molecule has 1 atom stereocenters. The summed E-state index contributed by atoms with van der Waals surface area (Å²) in [5.74, 6) is -0.445. The summed E-state index contributed by atoms with van der Waals surface area (Å²) >= 11 is 0. The lowest BCUT2D eigenvalue weighted by Crippen LogP contribution is -2.51. The van der Waals surface area contributed by atoms with Crippen molar-refractivity contribution >= 4 is 12.0 Å². The molecule has 0 aliphatic carbocycles. The van der Waals surface area contributed by atoms with Crippen LogP contribution in [0.3, 0.4) is 0 Å². The van der Waals surface area contributed by atoms with Gasteiger partial charge in [0.1, 0.15) is 6.04 Å². The first-order valence-electron chi connectivity index (χ1n) is 9.41. The summed E-state index contributed by atoms with van der Waals surface area (Å²) in [5, 5.41) is 16.3. The van der Waals surface area contributed by atoms with Crippen LogP contribution in [0.15, 0.2) is 48.8 Å². The van der Waals surface area contributed by atoms with Gasteiger partial charge in [-0.1, -0.05) is 30.3 Å². The van der Waals surface area contributed by atoms with Crippen molar-refractivity contribution in [2.24, 2.45) is 5.92 Å². The quantitative estimate of drug-likeness (QED) is 0.783. The van der Waals surface area contributed by atoms with Gasteiger partial charge in [-0.15, -0.1) is 0 Å². The van der Waals surface area contributed by atoms with Gasteiger partial charge in [-0.25, -0.2) is 9.59 Å². The lowest BCUT2D eigenvalue weighted by molar-refractivity contribution is -0.139. The highest BCUT2D eigenvalue weighted by Gasteiger charge is 2.26. The van der Waals surface area contributed by atoms with E-state index in [0.29, 0.717) is 19.0 Å². The number of piperidine rings is 1. The Morgan fingerprint density at radius 3 is 2.56 bits per heavy atom. The molecule has 7 heteroatoms. The van der Waals surface area contributed by atoms with Crippen LogP contribution < -0.4 is 5.32 Å². The average molecular weight is 370 g/mol. The number of aliphatic carboxylic acids is 1. The van der Waals surface area contributed by atoms with Crippen molar-refractivity contribution in [3.63, 3.8) is 0 Å². The number of nitrogens with one attached hydrogen (secondary N) is 1. The Balaban J connectivity index is 1.45. The average Bonchev–Trinajstić information content (AvgIpc) is 3.20. The van der Waals surface area contributed by atoms with Crippen LogP contribution in [0.1, 0.15) is 24.8 Å². The van der Waals surface area contributed by atoms with Crippen LogP contribution in [0, 0.1) is 5.92 Å². The molecule has 0 radical (unpaired) electrons. The zero-order valence-corrected chi connectivity index (χ0v) is 15.3. The summed E-state index contributed by atoms with van der Waals surface area (Å²) in [5.41, 5.74) is 0.891. The number of hydrogen-bond acceptors (Lipinski definition) is 3. The molecule has 144 valence electrons. The molecule has 2 aromatic rings. The number of carboxylic acids is 1. The van der Waals surface area contributed by atoms with Crippen LogP contribution in [0.2, 0.25) is 0 Å². The van der Waals surface area contributed by atoms with Crippen LogP contribution in [-0.2, 0) is 17.8 Å². The van der Waals surface area contributed by atoms with E-state index >= 15 is 0 Å². The first-order chi connectivity index (χ1) is 13.1. The number of aryl methyl sites for hydroxylation is 1. The summed E-state index contributed by atoms with van der Waals surface area (Å²) < 4.78 is 1.93. The van der Waals surface area contributed by atoms with E-state index in [1.807, 2.05) is 47.3 Å². The maximum absolute atomic E-state index is 12.5. The van der Waals surface area contributed by atoms with Crippen molar-refractivity contribution in [1.82, 2.24) is 20.0 Å². The minimum Gasteiger partial charge on any atom is -0.480 e. The predicted molar refractivity (Wildman–Crippen MR) is 101 cm³/mol. The number of aromatic nitrogens is 2. The highest BCUT2D eigenvalue weighted by atomic mass is 16.4. The Morgan fingerprint density at radius 2 is 1.93 bits per heavy atom. The largest absolute Gasteiger partial charge is 0.480 e. The monoisotopic (exact) mass is 370 g/mol. The van der Waals surface area contributed by atoms with Gasteiger partial charge in [-0.05, 0) is 36.8 Å². The molecule has 7 nitrogen and oxygen atoms in total. The third kappa shape index (κ3) is 5.57. The van der Waals surface area contributed by atoms with E-state index in [2.05, 4.69) is 10.4 Å². The van der Waals surface area contributed by atoms with Gasteiger partial charge >= 0.3 is 12.0 Å². The zero-order valence-electron chi connectivity index (χ0n) is 15.3. The molecule has 0 bridgehead atoms. The topological polar surface area (TPSA) is 87.5 Å². The Kier molecular flexibility index (Phi) is 6.46. The van der Waals surface area contributed by atoms with E-state index in [1.54, 1.807) is 11.1 Å². The number of nitrogens with zero attached hydrogens (tertiary/aromatic N) is 3. The molecule has 0 saturated carbocycles. The Morgan fingerprint density at radius 1 is 1.19 bits per heavy atom. The van der Waals surface area contributed by atoms with E-state index in [0.717, 1.165) is 31.4 Å². The van der Waals surface area contributed by atoms with Crippen LogP contribution in [0.25, 0.3) is 0 Å². The molecule has 0 unspecified atom stereocenters. The first kappa shape index (κ1) is 18.9. The van der Waals surface area contributed by atoms with Crippen molar-refractivity contribution < 1.29 is 14.7 Å². The SMILES string of the molecule is O=C(O)[C@H](Cc1ccccc1)NC(=O)N1CCC(CCn2cccn2)CC1. The maximum Gasteiger partial charge on any atom is 0.326 e. The third-order valence-corrected chi connectivity index (χ3v) is 5.11. The van der Waals surface area contributed by atoms with E-state index in [4.69, 9.17) is 0 Å². The molecule has 1 aliphatic heterocycles. The number of hydrogen-bond donors (Lipinski definition) is 2. The smallest absolute Gasteiger partial charge is 0.326 e. The molecule has 27 heavy (non-hydrogen) atoms. The molecule has 1 aromatic carbocycles. The number of urea groups is 1. The summed E-state index contributed by atoms with van der Waals surface area (Å²) in [7, 11) is 0. The number of benzene rings is 1. The van der Waals surface area contributed by atoms with Gasteiger partial charge < -0.3 is 15.3 Å². The number of rotatable bonds is 7. The number of carbonyl (C=O) groups excluding carboxylic acids is 1. The highest BCUT2D eigenvalue weighted by Crippen LogP contribution is 2.21. The first-order valence-corrected chi connectivity index (χ1v) is 9.41. The molecule has 3 rings (SSSR count). The summed E-state index contributed by atoms with van der Waals surface area (Å²) in [4.78, 5) is 25.7. The van der Waals surface area contributed by atoms with E-state index in [-0.39, 0.29) is 12.5 Å². The summed E-state index contributed by atoms with van der Waals surface area (Å²) in [6, 6.07) is 10.1. The van der Waals surface area contributed by atoms with Crippen molar-refractivity contribution in [2.45, 2.75) is 38.3 Å². The molecule has 2 N–H and O–H groups in total. The predicted octanol–water partition coefficient (Wildman–Crippen LogP) is 2.39. The second-order valence-electron chi connectivity index (χ2n) is 7.02. The lowest BCUT2D eigenvalue weighted by atomic mass is 9.94. The van der Waals surface area contributed by atoms with Crippen LogP contribution in [0.5, 0.6) is 0 Å². The van der Waals surface area contributed by atoms with Crippen LogP contribution in [-0.4, -0.2) is 50.9 Å². The molecule has 1 saturated heterocycles. The maximum atomic E-state index is 12.5. The Labute approximate surface area is 159 Å². The van der Waals surface area contributed by atoms with Crippen LogP contribution >= 0.6 is 0 Å². The standard InChI is InChI=1S/C20H26N4O3/c25-19(26)18(15-17-5-2-1-3-6-17)22-20(27)23-12-7-16(8-13-23)9-14-24-11-4-10-21-24/h1-6,10-11,16,18H,7-9,12-15H2,(H,22,27)(H,25,26)/t18-/m0/s1. The van der Waals surface area contributed by atoms with Gasteiger partial charge in [-0.3, -0.25) is 4.68 Å². The fourth-order valence-corrected chi connectivity index (χ4v) is 3.46. The van der Waals surface area contributed by atoms with Gasteiger partial charge in [0.05, 0.1) is 0 Å². The van der Waals surface area contributed by atoms with E-state index in [1.165, 1.54) is 0 Å². The molecule has 2 amide bonds. The van der Waals surface area contributed by atoms with Gasteiger partial charge in [0, 0.05) is 38.4 Å². The lowest BCUT2D eigenvalue weighted by Gasteiger charge is -2.32. The normalized spacial score (nSPS) is 16.1. The molecule has 2 heterocycles. The van der Waals surface area contributed by atoms with Crippen molar-refractivity contribution in [3.05, 3.63) is 54.4 Å². The molecule has 1 fully saturated rings. The molecule has 1 aliphatic rings. The second kappa shape index (κ2) is 9.21. The molecule has 0 spiro atoms. The highest BCUT2D eigenvalue weighted by molar-refractivity contribution is 5.82. The van der Waals surface area contributed by atoms with Crippen molar-refractivity contribution in [2.75, 3.05) is 13.1 Å². The molecule has 1 aromatic heterocycles. The van der Waals surface area contributed by atoms with Crippen molar-refractivity contribution in [3.8, 4) is 0 Å². The number of amides is 2. The minimum absolute atomic E-state index is 0.280.